The van der Waals surface area contributed by atoms with E-state index in [4.69, 9.17) is 0 Å². The number of carbonyl (C=O) groups excluding carboxylic acids is 1. The third-order valence-corrected chi connectivity index (χ3v) is 3.07. The highest BCUT2D eigenvalue weighted by molar-refractivity contribution is 5.78. The molecule has 0 bridgehead atoms. The lowest BCUT2D eigenvalue weighted by Gasteiger charge is -2.15. The van der Waals surface area contributed by atoms with Crippen molar-refractivity contribution in [3.63, 3.8) is 0 Å². The molecule has 1 aromatic rings. The zero-order valence-corrected chi connectivity index (χ0v) is 11.4. The highest BCUT2D eigenvalue weighted by atomic mass is 16.3. The molecule has 0 aromatic heterocycles. The van der Waals surface area contributed by atoms with Gasteiger partial charge in [0, 0.05) is 6.54 Å². The standard InChI is InChI=1S/C15H23NO2/c1-4-12-5-7-13(8-6-12)9-15(18)16-10-14(17)11(2)3/h5-8,11,14,17H,4,9-10H2,1-3H3,(H,16,18). The molecule has 2 N–H and O–H groups in total. The van der Waals surface area contributed by atoms with E-state index in [1.807, 2.05) is 38.1 Å². The minimum Gasteiger partial charge on any atom is -0.391 e. The van der Waals surface area contributed by atoms with Crippen LogP contribution < -0.4 is 5.32 Å². The van der Waals surface area contributed by atoms with Crippen molar-refractivity contribution in [2.75, 3.05) is 6.54 Å². The Morgan fingerprint density at radius 1 is 1.22 bits per heavy atom. The fourth-order valence-corrected chi connectivity index (χ4v) is 1.59. The molecule has 1 unspecified atom stereocenters. The molecule has 0 heterocycles. The number of aliphatic hydroxyl groups is 1. The van der Waals surface area contributed by atoms with Crippen LogP contribution in [0.3, 0.4) is 0 Å². The maximum atomic E-state index is 11.7. The molecule has 0 aliphatic carbocycles. The molecule has 0 radical (unpaired) electrons. The average molecular weight is 249 g/mol. The summed E-state index contributed by atoms with van der Waals surface area (Å²) < 4.78 is 0. The molecule has 1 aromatic carbocycles. The maximum absolute atomic E-state index is 11.7. The number of hydrogen-bond donors (Lipinski definition) is 2. The molecule has 0 saturated heterocycles. The van der Waals surface area contributed by atoms with Gasteiger partial charge in [-0.3, -0.25) is 4.79 Å². The Labute approximate surface area is 109 Å². The maximum Gasteiger partial charge on any atom is 0.224 e. The van der Waals surface area contributed by atoms with Gasteiger partial charge in [0.1, 0.15) is 0 Å². The molecule has 1 atom stereocenters. The fourth-order valence-electron chi connectivity index (χ4n) is 1.59. The van der Waals surface area contributed by atoms with E-state index >= 15 is 0 Å². The third-order valence-electron chi connectivity index (χ3n) is 3.07. The van der Waals surface area contributed by atoms with E-state index in [0.29, 0.717) is 13.0 Å². The Balaban J connectivity index is 2.39. The highest BCUT2D eigenvalue weighted by Gasteiger charge is 2.10. The Morgan fingerprint density at radius 2 is 1.78 bits per heavy atom. The molecule has 100 valence electrons. The molecule has 1 amide bonds. The summed E-state index contributed by atoms with van der Waals surface area (Å²) in [5, 5.41) is 12.3. The third kappa shape index (κ3) is 4.88. The molecule has 0 aliphatic rings. The minimum absolute atomic E-state index is 0.0426. The van der Waals surface area contributed by atoms with Gasteiger partial charge in [0.2, 0.25) is 5.91 Å². The van der Waals surface area contributed by atoms with Crippen LogP contribution in [0.1, 0.15) is 31.9 Å². The summed E-state index contributed by atoms with van der Waals surface area (Å²) in [5.74, 6) is 0.119. The molecule has 0 saturated carbocycles. The van der Waals surface area contributed by atoms with E-state index in [1.165, 1.54) is 5.56 Å². The van der Waals surface area contributed by atoms with Crippen LogP contribution in [0.15, 0.2) is 24.3 Å². The van der Waals surface area contributed by atoms with Gasteiger partial charge < -0.3 is 10.4 Å². The minimum atomic E-state index is -0.476. The van der Waals surface area contributed by atoms with E-state index in [-0.39, 0.29) is 11.8 Å². The van der Waals surface area contributed by atoms with Crippen molar-refractivity contribution in [1.82, 2.24) is 5.32 Å². The number of rotatable bonds is 6. The topological polar surface area (TPSA) is 49.3 Å². The fraction of sp³-hybridized carbons (Fsp3) is 0.533. The van der Waals surface area contributed by atoms with E-state index in [0.717, 1.165) is 12.0 Å². The second-order valence-electron chi connectivity index (χ2n) is 4.96. The monoisotopic (exact) mass is 249 g/mol. The van der Waals surface area contributed by atoms with Gasteiger partial charge in [-0.15, -0.1) is 0 Å². The lowest BCUT2D eigenvalue weighted by molar-refractivity contribution is -0.121. The van der Waals surface area contributed by atoms with Crippen molar-refractivity contribution >= 4 is 5.91 Å². The Hall–Kier alpha value is -1.35. The van der Waals surface area contributed by atoms with Gasteiger partial charge in [0.15, 0.2) is 0 Å². The van der Waals surface area contributed by atoms with Gasteiger partial charge in [-0.05, 0) is 23.5 Å². The zero-order valence-electron chi connectivity index (χ0n) is 11.4. The first-order chi connectivity index (χ1) is 8.52. The van der Waals surface area contributed by atoms with Crippen LogP contribution in [0, 0.1) is 5.92 Å². The van der Waals surface area contributed by atoms with Gasteiger partial charge in [-0.2, -0.15) is 0 Å². The molecule has 1 rings (SSSR count). The number of nitrogens with one attached hydrogen (secondary N) is 1. The SMILES string of the molecule is CCc1ccc(CC(=O)NCC(O)C(C)C)cc1. The van der Waals surface area contributed by atoms with Gasteiger partial charge in [0.05, 0.1) is 12.5 Å². The van der Waals surface area contributed by atoms with Crippen molar-refractivity contribution < 1.29 is 9.90 Å². The molecular formula is C15H23NO2. The van der Waals surface area contributed by atoms with Crippen molar-refractivity contribution in [2.24, 2.45) is 5.92 Å². The summed E-state index contributed by atoms with van der Waals surface area (Å²) in [6.07, 6.45) is 0.901. The van der Waals surface area contributed by atoms with E-state index in [9.17, 15) is 9.90 Å². The summed E-state index contributed by atoms with van der Waals surface area (Å²) in [6.45, 7) is 6.29. The van der Waals surface area contributed by atoms with Crippen LogP contribution in [0.25, 0.3) is 0 Å². The van der Waals surface area contributed by atoms with Gasteiger partial charge >= 0.3 is 0 Å². The zero-order chi connectivity index (χ0) is 13.5. The first kappa shape index (κ1) is 14.7. The van der Waals surface area contributed by atoms with Crippen molar-refractivity contribution in [3.8, 4) is 0 Å². The Morgan fingerprint density at radius 3 is 2.28 bits per heavy atom. The van der Waals surface area contributed by atoms with Crippen LogP contribution >= 0.6 is 0 Å². The smallest absolute Gasteiger partial charge is 0.224 e. The first-order valence-electron chi connectivity index (χ1n) is 6.55. The Bertz CT molecular complexity index is 371. The largest absolute Gasteiger partial charge is 0.391 e. The molecular weight excluding hydrogens is 226 g/mol. The van der Waals surface area contributed by atoms with Crippen LogP contribution in [0.2, 0.25) is 0 Å². The molecule has 3 heteroatoms. The summed E-state index contributed by atoms with van der Waals surface area (Å²) in [4.78, 5) is 11.7. The van der Waals surface area contributed by atoms with Gasteiger partial charge in [-0.25, -0.2) is 0 Å². The second-order valence-corrected chi connectivity index (χ2v) is 4.96. The van der Waals surface area contributed by atoms with Crippen LogP contribution in [-0.2, 0) is 17.6 Å². The predicted octanol–water partition coefficient (Wildman–Crippen LogP) is 1.92. The number of carbonyl (C=O) groups is 1. The number of hydrogen-bond acceptors (Lipinski definition) is 2. The number of aryl methyl sites for hydroxylation is 1. The average Bonchev–Trinajstić information content (AvgIpc) is 2.36. The normalized spacial score (nSPS) is 12.5. The molecule has 0 spiro atoms. The van der Waals surface area contributed by atoms with Crippen molar-refractivity contribution in [3.05, 3.63) is 35.4 Å². The second kappa shape index (κ2) is 7.17. The molecule has 0 aliphatic heterocycles. The lowest BCUT2D eigenvalue weighted by atomic mass is 10.1. The lowest BCUT2D eigenvalue weighted by Crippen LogP contribution is -2.35. The molecule has 0 fully saturated rings. The molecule has 3 nitrogen and oxygen atoms in total. The van der Waals surface area contributed by atoms with Crippen LogP contribution in [0.4, 0.5) is 0 Å². The number of benzene rings is 1. The van der Waals surface area contributed by atoms with E-state index in [2.05, 4.69) is 12.2 Å². The van der Waals surface area contributed by atoms with Crippen molar-refractivity contribution in [1.29, 1.82) is 0 Å². The summed E-state index contributed by atoms with van der Waals surface area (Å²) in [5.41, 5.74) is 2.28. The summed E-state index contributed by atoms with van der Waals surface area (Å²) in [6, 6.07) is 8.06. The van der Waals surface area contributed by atoms with E-state index in [1.54, 1.807) is 0 Å². The summed E-state index contributed by atoms with van der Waals surface area (Å²) in [7, 11) is 0. The first-order valence-corrected chi connectivity index (χ1v) is 6.55. The van der Waals surface area contributed by atoms with Crippen LogP contribution in [-0.4, -0.2) is 23.7 Å². The van der Waals surface area contributed by atoms with E-state index < -0.39 is 6.10 Å². The number of amides is 1. The van der Waals surface area contributed by atoms with Gasteiger partial charge in [-0.1, -0.05) is 45.0 Å². The van der Waals surface area contributed by atoms with Gasteiger partial charge in [0.25, 0.3) is 0 Å². The predicted molar refractivity (Wildman–Crippen MR) is 73.4 cm³/mol. The van der Waals surface area contributed by atoms with Crippen LogP contribution in [0.5, 0.6) is 0 Å². The number of aliphatic hydroxyl groups excluding tert-OH is 1. The summed E-state index contributed by atoms with van der Waals surface area (Å²) >= 11 is 0. The highest BCUT2D eigenvalue weighted by Crippen LogP contribution is 2.06. The quantitative estimate of drug-likeness (QED) is 0.809. The Kier molecular flexibility index (Phi) is 5.86. The van der Waals surface area contributed by atoms with Crippen molar-refractivity contribution in [2.45, 2.75) is 39.7 Å². The molecule has 18 heavy (non-hydrogen) atoms.